The lowest BCUT2D eigenvalue weighted by Gasteiger charge is -2.42. The van der Waals surface area contributed by atoms with Crippen LogP contribution in [0.5, 0.6) is 5.75 Å². The Bertz CT molecular complexity index is 1320. The van der Waals surface area contributed by atoms with Gasteiger partial charge in [-0.05, 0) is 45.7 Å². The average Bonchev–Trinajstić information content (AvgIpc) is 3.22. The number of rotatable bonds is 6. The number of likely N-dealkylation sites (tertiary alicyclic amines) is 1. The second kappa shape index (κ2) is 10.5. The standard InChI is InChI=1S/C27H35FN8O/c1-18(34-9-6-19(7-10-34)35-13-11-33(3)12-14-35)17-36-27(30-2)25(26(29)32-36)20-5-8-31-23-16-22(28)24(37-4)15-21(20)23/h5,8,15-17,19H,2,6-7,9-14H2,1,3-4H3,(H2,29,32)/b18-17+. The maximum atomic E-state index is 14.3. The molecule has 196 valence electrons. The zero-order chi connectivity index (χ0) is 26.1. The van der Waals surface area contributed by atoms with Crippen LogP contribution in [0.3, 0.4) is 0 Å². The molecular weight excluding hydrogens is 471 g/mol. The molecule has 3 aromatic rings. The predicted molar refractivity (Wildman–Crippen MR) is 147 cm³/mol. The summed E-state index contributed by atoms with van der Waals surface area (Å²) in [4.78, 5) is 16.0. The molecule has 1 aromatic carbocycles. The van der Waals surface area contributed by atoms with Crippen molar-refractivity contribution in [1.82, 2.24) is 29.5 Å². The number of aliphatic imine (C=N–C) groups is 1. The van der Waals surface area contributed by atoms with E-state index in [-0.39, 0.29) is 5.75 Å². The van der Waals surface area contributed by atoms with Crippen LogP contribution in [-0.2, 0) is 0 Å². The van der Waals surface area contributed by atoms with Crippen molar-refractivity contribution in [2.24, 2.45) is 4.99 Å². The van der Waals surface area contributed by atoms with Gasteiger partial charge in [0.15, 0.2) is 23.2 Å². The number of nitrogens with two attached hydrogens (primary N) is 1. The Balaban J connectivity index is 1.40. The highest BCUT2D eigenvalue weighted by Gasteiger charge is 2.27. The van der Waals surface area contributed by atoms with Crippen molar-refractivity contribution in [3.63, 3.8) is 0 Å². The summed E-state index contributed by atoms with van der Waals surface area (Å²) in [7, 11) is 3.63. The molecule has 0 bridgehead atoms. The molecule has 2 N–H and O–H groups in total. The number of allylic oxidation sites excluding steroid dienone is 1. The van der Waals surface area contributed by atoms with E-state index in [2.05, 4.69) is 50.5 Å². The minimum atomic E-state index is -0.472. The Morgan fingerprint density at radius 3 is 2.59 bits per heavy atom. The summed E-state index contributed by atoms with van der Waals surface area (Å²) in [5, 5.41) is 5.27. The molecule has 4 heterocycles. The molecule has 0 unspecified atom stereocenters. The first-order valence-electron chi connectivity index (χ1n) is 12.7. The van der Waals surface area contributed by atoms with Crippen LogP contribution in [-0.4, -0.2) is 95.6 Å². The van der Waals surface area contributed by atoms with Gasteiger partial charge in [0.2, 0.25) is 0 Å². The Morgan fingerprint density at radius 1 is 1.19 bits per heavy atom. The molecule has 2 fully saturated rings. The summed E-state index contributed by atoms with van der Waals surface area (Å²) >= 11 is 0. The van der Waals surface area contributed by atoms with Gasteiger partial charge < -0.3 is 20.3 Å². The van der Waals surface area contributed by atoms with Gasteiger partial charge in [0.1, 0.15) is 0 Å². The van der Waals surface area contributed by atoms with Gasteiger partial charge in [0.05, 0.1) is 18.2 Å². The molecule has 0 spiro atoms. The summed E-state index contributed by atoms with van der Waals surface area (Å²) in [5.41, 5.74) is 9.38. The third-order valence-corrected chi connectivity index (χ3v) is 7.67. The third kappa shape index (κ3) is 4.91. The molecule has 5 rings (SSSR count). The highest BCUT2D eigenvalue weighted by atomic mass is 19.1. The Hall–Kier alpha value is -3.50. The van der Waals surface area contributed by atoms with Crippen LogP contribution in [0.25, 0.3) is 28.2 Å². The fourth-order valence-corrected chi connectivity index (χ4v) is 5.49. The molecule has 0 atom stereocenters. The van der Waals surface area contributed by atoms with Gasteiger partial charge in [0.25, 0.3) is 0 Å². The minimum absolute atomic E-state index is 0.136. The van der Waals surface area contributed by atoms with Gasteiger partial charge >= 0.3 is 0 Å². The molecule has 9 nitrogen and oxygen atoms in total. The van der Waals surface area contributed by atoms with E-state index >= 15 is 0 Å². The number of halogens is 1. The summed E-state index contributed by atoms with van der Waals surface area (Å²) in [6.45, 7) is 12.5. The summed E-state index contributed by atoms with van der Waals surface area (Å²) in [6.07, 6.45) is 5.88. The van der Waals surface area contributed by atoms with E-state index in [9.17, 15) is 4.39 Å². The maximum Gasteiger partial charge on any atom is 0.167 e. The Morgan fingerprint density at radius 2 is 1.92 bits per heavy atom. The number of fused-ring (bicyclic) bond motifs is 1. The first-order chi connectivity index (χ1) is 17.9. The van der Waals surface area contributed by atoms with E-state index in [0.717, 1.165) is 63.4 Å². The highest BCUT2D eigenvalue weighted by molar-refractivity contribution is 6.01. The number of piperidine rings is 1. The van der Waals surface area contributed by atoms with E-state index in [1.165, 1.54) is 13.2 Å². The summed E-state index contributed by atoms with van der Waals surface area (Å²) in [5.74, 6) is 0.507. The maximum absolute atomic E-state index is 14.3. The van der Waals surface area contributed by atoms with Gasteiger partial charge in [-0.25, -0.2) is 14.1 Å². The lowest BCUT2D eigenvalue weighted by atomic mass is 10.0. The molecule has 2 aliphatic heterocycles. The number of hydrogen-bond donors (Lipinski definition) is 1. The first-order valence-corrected chi connectivity index (χ1v) is 12.7. The molecule has 2 aromatic heterocycles. The normalized spacial score (nSPS) is 18.5. The number of benzene rings is 1. The molecule has 2 saturated heterocycles. The Labute approximate surface area is 217 Å². The van der Waals surface area contributed by atoms with Gasteiger partial charge in [0, 0.05) is 80.4 Å². The van der Waals surface area contributed by atoms with Crippen LogP contribution in [0.4, 0.5) is 16.0 Å². The summed E-state index contributed by atoms with van der Waals surface area (Å²) in [6, 6.07) is 5.46. The van der Waals surface area contributed by atoms with Gasteiger partial charge in [-0.1, -0.05) is 0 Å². The van der Waals surface area contributed by atoms with Crippen molar-refractivity contribution in [2.45, 2.75) is 25.8 Å². The largest absolute Gasteiger partial charge is 0.494 e. The Kier molecular flexibility index (Phi) is 7.12. The molecule has 37 heavy (non-hydrogen) atoms. The quantitative estimate of drug-likeness (QED) is 0.510. The van der Waals surface area contributed by atoms with Crippen molar-refractivity contribution in [2.75, 3.05) is 59.2 Å². The monoisotopic (exact) mass is 506 g/mol. The number of likely N-dealkylation sites (N-methyl/N-ethyl adjacent to an activating group) is 1. The van der Waals surface area contributed by atoms with Crippen LogP contribution < -0.4 is 10.5 Å². The minimum Gasteiger partial charge on any atom is -0.494 e. The number of anilines is 1. The lowest BCUT2D eigenvalue weighted by molar-refractivity contribution is 0.0759. The molecular formula is C27H35FN8O. The van der Waals surface area contributed by atoms with E-state index in [0.29, 0.717) is 34.1 Å². The van der Waals surface area contributed by atoms with Crippen LogP contribution in [0, 0.1) is 5.82 Å². The van der Waals surface area contributed by atoms with Gasteiger partial charge in [-0.15, -0.1) is 5.10 Å². The van der Waals surface area contributed by atoms with Crippen LogP contribution >= 0.6 is 0 Å². The zero-order valence-corrected chi connectivity index (χ0v) is 21.8. The number of hydrogen-bond acceptors (Lipinski definition) is 8. The van der Waals surface area contributed by atoms with Crippen molar-refractivity contribution < 1.29 is 9.13 Å². The number of pyridine rings is 1. The number of piperazine rings is 1. The molecule has 0 radical (unpaired) electrons. The van der Waals surface area contributed by atoms with Crippen molar-refractivity contribution in [3.8, 4) is 16.9 Å². The highest BCUT2D eigenvalue weighted by Crippen LogP contribution is 2.40. The SMILES string of the molecule is C=Nc1c(-c2ccnc3cc(F)c(OC)cc23)c(N)nn1/C=C(\C)N1CCC(N2CCN(C)CC2)CC1. The third-order valence-electron chi connectivity index (χ3n) is 7.67. The number of nitrogens with zero attached hydrogens (tertiary/aromatic N) is 7. The second-order valence-electron chi connectivity index (χ2n) is 9.88. The van der Waals surface area contributed by atoms with E-state index in [4.69, 9.17) is 10.5 Å². The zero-order valence-electron chi connectivity index (χ0n) is 21.8. The van der Waals surface area contributed by atoms with Gasteiger partial charge in [-0.3, -0.25) is 9.88 Å². The average molecular weight is 507 g/mol. The molecule has 2 aliphatic rings. The van der Waals surface area contributed by atoms with Crippen molar-refractivity contribution >= 4 is 35.5 Å². The topological polar surface area (TPSA) is 88.0 Å². The van der Waals surface area contributed by atoms with E-state index in [1.807, 2.05) is 12.3 Å². The van der Waals surface area contributed by atoms with Gasteiger partial charge in [-0.2, -0.15) is 0 Å². The summed E-state index contributed by atoms with van der Waals surface area (Å²) < 4.78 is 21.2. The number of methoxy groups -OCH3 is 1. The van der Waals surface area contributed by atoms with Crippen LogP contribution in [0.1, 0.15) is 19.8 Å². The molecule has 0 amide bonds. The van der Waals surface area contributed by atoms with Crippen molar-refractivity contribution in [3.05, 3.63) is 35.9 Å². The van der Waals surface area contributed by atoms with Crippen molar-refractivity contribution in [1.29, 1.82) is 0 Å². The first kappa shape index (κ1) is 25.2. The molecule has 0 saturated carbocycles. The van der Waals surface area contributed by atoms with E-state index in [1.54, 1.807) is 16.9 Å². The fraction of sp³-hybridized carbons (Fsp3) is 0.444. The lowest BCUT2D eigenvalue weighted by Crippen LogP contribution is -2.52. The smallest absolute Gasteiger partial charge is 0.167 e. The molecule has 0 aliphatic carbocycles. The fourth-order valence-electron chi connectivity index (χ4n) is 5.49. The predicted octanol–water partition coefficient (Wildman–Crippen LogP) is 3.69. The van der Waals surface area contributed by atoms with Crippen LogP contribution in [0.2, 0.25) is 0 Å². The van der Waals surface area contributed by atoms with E-state index < -0.39 is 5.82 Å². The van der Waals surface area contributed by atoms with Crippen LogP contribution in [0.15, 0.2) is 35.1 Å². The molecule has 10 heteroatoms. The number of nitrogen functional groups attached to an aromatic ring is 1. The number of aromatic nitrogens is 3. The second-order valence-corrected chi connectivity index (χ2v) is 9.88. The number of ether oxygens (including phenoxy) is 1.